The monoisotopic (exact) mass is 720 g/mol. The fourth-order valence-electron chi connectivity index (χ4n) is 6.16. The van der Waals surface area contributed by atoms with Gasteiger partial charge in [0.25, 0.3) is 0 Å². The maximum Gasteiger partial charge on any atom is 0.240 e. The molecule has 0 unspecified atom stereocenters. The minimum Gasteiger partial charge on any atom is -0.491 e. The Morgan fingerprint density at radius 2 is 1.49 bits per heavy atom. The van der Waals surface area contributed by atoms with Gasteiger partial charge in [-0.2, -0.15) is 0 Å². The van der Waals surface area contributed by atoms with Crippen LogP contribution in [0.1, 0.15) is 57.9 Å². The average Bonchev–Trinajstić information content (AvgIpc) is 4.05. The molecule has 270 valence electrons. The van der Waals surface area contributed by atoms with Gasteiger partial charge in [-0.1, -0.05) is 13.8 Å². The molecule has 10 nitrogen and oxygen atoms in total. The Morgan fingerprint density at radius 3 is 2.12 bits per heavy atom. The second-order valence-corrected chi connectivity index (χ2v) is 15.6. The smallest absolute Gasteiger partial charge is 0.240 e. The zero-order valence-electron chi connectivity index (χ0n) is 28.9. The van der Waals surface area contributed by atoms with Crippen molar-refractivity contribution >= 4 is 43.9 Å². The summed E-state index contributed by atoms with van der Waals surface area (Å²) < 4.78 is 64.4. The average molecular weight is 721 g/mol. The number of aryl methyl sites for hydroxylation is 1. The molecule has 0 bridgehead atoms. The zero-order valence-corrected chi connectivity index (χ0v) is 29.7. The van der Waals surface area contributed by atoms with Crippen molar-refractivity contribution in [3.63, 3.8) is 0 Å². The standard InChI is InChI=1S/C36H36F2N4O6S.C2H6/c1-22-18-27-29(20-32(22)47-21-35(11-12-35)42-25-9-16-49(45,46)17-10-25)39-15-8-30(27)48-31-7-6-26(19-28(31)38)41-34(44)36(13-14-36)33(43)40-24-4-2-23(37)3-5-24;1-2/h2-8,15,18-20,25,42H,9-14,16-17,21H2,1H3,(H,40,43)(H,41,44);1-2H3. The molecule has 13 heteroatoms. The second-order valence-electron chi connectivity index (χ2n) is 13.3. The van der Waals surface area contributed by atoms with Gasteiger partial charge in [0.05, 0.1) is 22.6 Å². The summed E-state index contributed by atoms with van der Waals surface area (Å²) in [5.41, 5.74) is 0.547. The summed E-state index contributed by atoms with van der Waals surface area (Å²) in [6, 6.07) is 14.8. The Bertz CT molecular complexity index is 2040. The molecule has 1 saturated heterocycles. The third-order valence-electron chi connectivity index (χ3n) is 9.55. The summed E-state index contributed by atoms with van der Waals surface area (Å²) in [5.74, 6) is -0.784. The van der Waals surface area contributed by atoms with E-state index >= 15 is 4.39 Å². The van der Waals surface area contributed by atoms with E-state index in [0.717, 1.165) is 24.5 Å². The molecule has 2 amide bonds. The van der Waals surface area contributed by atoms with Gasteiger partial charge in [0.2, 0.25) is 11.8 Å². The maximum absolute atomic E-state index is 15.3. The fourth-order valence-corrected chi connectivity index (χ4v) is 7.65. The largest absolute Gasteiger partial charge is 0.491 e. The van der Waals surface area contributed by atoms with Gasteiger partial charge in [-0.15, -0.1) is 0 Å². The van der Waals surface area contributed by atoms with E-state index in [1.807, 2.05) is 32.9 Å². The number of rotatable bonds is 11. The summed E-state index contributed by atoms with van der Waals surface area (Å²) in [5, 5.41) is 9.59. The highest BCUT2D eigenvalue weighted by molar-refractivity contribution is 7.91. The molecule has 2 saturated carbocycles. The molecule has 0 spiro atoms. The van der Waals surface area contributed by atoms with Crippen LogP contribution in [0.3, 0.4) is 0 Å². The highest BCUT2D eigenvalue weighted by Crippen LogP contribution is 2.48. The van der Waals surface area contributed by atoms with Gasteiger partial charge in [0.1, 0.15) is 39.2 Å². The summed E-state index contributed by atoms with van der Waals surface area (Å²) in [4.78, 5) is 30.4. The zero-order chi connectivity index (χ0) is 36.4. The topological polar surface area (TPSA) is 136 Å². The number of sulfone groups is 1. The van der Waals surface area contributed by atoms with Gasteiger partial charge in [-0.05, 0) is 99.5 Å². The van der Waals surface area contributed by atoms with Crippen molar-refractivity contribution in [2.24, 2.45) is 5.41 Å². The molecule has 0 atom stereocenters. The van der Waals surface area contributed by atoms with Gasteiger partial charge < -0.3 is 25.4 Å². The molecule has 2 aliphatic carbocycles. The number of fused-ring (bicyclic) bond motifs is 1. The van der Waals surface area contributed by atoms with Crippen molar-refractivity contribution < 1.29 is 36.3 Å². The van der Waals surface area contributed by atoms with Gasteiger partial charge in [0, 0.05) is 41.1 Å². The highest BCUT2D eigenvalue weighted by atomic mass is 32.2. The predicted octanol–water partition coefficient (Wildman–Crippen LogP) is 7.08. The van der Waals surface area contributed by atoms with Crippen molar-refractivity contribution in [1.82, 2.24) is 10.3 Å². The predicted molar refractivity (Wildman–Crippen MR) is 192 cm³/mol. The van der Waals surface area contributed by atoms with E-state index in [-0.39, 0.29) is 34.5 Å². The summed E-state index contributed by atoms with van der Waals surface area (Å²) in [7, 11) is -2.92. The first kappa shape index (κ1) is 36.2. The molecule has 1 aromatic heterocycles. The summed E-state index contributed by atoms with van der Waals surface area (Å²) >= 11 is 0. The molecule has 2 heterocycles. The third kappa shape index (κ3) is 8.31. The van der Waals surface area contributed by atoms with Crippen LogP contribution in [0, 0.1) is 24.0 Å². The molecule has 1 aliphatic heterocycles. The Morgan fingerprint density at radius 1 is 0.843 bits per heavy atom. The lowest BCUT2D eigenvalue weighted by molar-refractivity contribution is -0.131. The molecule has 51 heavy (non-hydrogen) atoms. The molecule has 3 N–H and O–H groups in total. The molecular weight excluding hydrogens is 679 g/mol. The highest BCUT2D eigenvalue weighted by Gasteiger charge is 2.56. The number of nitrogens with one attached hydrogen (secondary N) is 3. The number of carbonyl (C=O) groups is 2. The first-order valence-electron chi connectivity index (χ1n) is 17.3. The third-order valence-corrected chi connectivity index (χ3v) is 11.3. The molecule has 3 fully saturated rings. The molecule has 4 aromatic rings. The van der Waals surface area contributed by atoms with E-state index < -0.39 is 38.7 Å². The van der Waals surface area contributed by atoms with E-state index in [2.05, 4.69) is 20.9 Å². The van der Waals surface area contributed by atoms with Crippen LogP contribution in [0.15, 0.2) is 66.9 Å². The minimum atomic E-state index is -2.92. The lowest BCUT2D eigenvalue weighted by Gasteiger charge is -2.28. The van der Waals surface area contributed by atoms with Crippen LogP contribution in [0.2, 0.25) is 0 Å². The number of benzene rings is 3. The summed E-state index contributed by atoms with van der Waals surface area (Å²) in [6.45, 7) is 6.36. The maximum atomic E-state index is 15.3. The van der Waals surface area contributed by atoms with Crippen molar-refractivity contribution in [2.45, 2.75) is 70.9 Å². The number of amides is 2. The number of carbonyl (C=O) groups excluding carboxylic acids is 2. The van der Waals surface area contributed by atoms with E-state index in [0.29, 0.717) is 60.4 Å². The SMILES string of the molecule is CC.Cc1cc2c(Oc3ccc(NC(=O)C4(C(=O)Nc5ccc(F)cc5)CC4)cc3F)ccnc2cc1OCC1(NC2CCS(=O)(=O)CC2)CC1. The number of nitrogens with zero attached hydrogens (tertiary/aromatic N) is 1. The number of halogens is 2. The lowest BCUT2D eigenvalue weighted by atomic mass is 10.0. The quantitative estimate of drug-likeness (QED) is 0.140. The van der Waals surface area contributed by atoms with Crippen molar-refractivity contribution in [2.75, 3.05) is 28.7 Å². The van der Waals surface area contributed by atoms with Crippen LogP contribution in [0.4, 0.5) is 20.2 Å². The van der Waals surface area contributed by atoms with Crippen LogP contribution < -0.4 is 25.4 Å². The Hall–Kier alpha value is -4.62. The van der Waals surface area contributed by atoms with Crippen molar-refractivity contribution in [1.29, 1.82) is 0 Å². The summed E-state index contributed by atoms with van der Waals surface area (Å²) in [6.07, 6.45) is 5.39. The molecule has 0 radical (unpaired) electrons. The number of ether oxygens (including phenoxy) is 2. The Kier molecular flexibility index (Phi) is 10.3. The number of hydrogen-bond acceptors (Lipinski definition) is 8. The van der Waals surface area contributed by atoms with Crippen LogP contribution in [-0.2, 0) is 19.4 Å². The molecule has 3 aliphatic rings. The molecule has 3 aromatic carbocycles. The Balaban J connectivity index is 0.00000220. The van der Waals surface area contributed by atoms with Gasteiger partial charge in [-0.3, -0.25) is 14.6 Å². The molecule has 7 rings (SSSR count). The van der Waals surface area contributed by atoms with Crippen molar-refractivity contribution in [3.05, 3.63) is 84.1 Å². The van der Waals surface area contributed by atoms with E-state index in [1.165, 1.54) is 36.4 Å². The first-order valence-corrected chi connectivity index (χ1v) is 19.1. The van der Waals surface area contributed by atoms with E-state index in [4.69, 9.17) is 9.47 Å². The van der Waals surface area contributed by atoms with Crippen molar-refractivity contribution in [3.8, 4) is 17.2 Å². The minimum absolute atomic E-state index is 0.0593. The molecular formula is C38H42F2N4O6S. The fraction of sp³-hybridized carbons (Fsp3) is 0.395. The first-order chi connectivity index (χ1) is 24.4. The number of hydrogen-bond donors (Lipinski definition) is 3. The van der Waals surface area contributed by atoms with E-state index in [1.54, 1.807) is 12.3 Å². The van der Waals surface area contributed by atoms with Crippen LogP contribution >= 0.6 is 0 Å². The van der Waals surface area contributed by atoms with E-state index in [9.17, 15) is 22.4 Å². The normalized spacial score (nSPS) is 18.1. The van der Waals surface area contributed by atoms with Gasteiger partial charge in [-0.25, -0.2) is 17.2 Å². The van der Waals surface area contributed by atoms with Crippen LogP contribution in [0.25, 0.3) is 10.9 Å². The van der Waals surface area contributed by atoms with Gasteiger partial charge >= 0.3 is 0 Å². The Labute approximate surface area is 296 Å². The van der Waals surface area contributed by atoms with Gasteiger partial charge in [0.15, 0.2) is 11.6 Å². The van der Waals surface area contributed by atoms with Crippen LogP contribution in [0.5, 0.6) is 17.2 Å². The number of aromatic nitrogens is 1. The van der Waals surface area contributed by atoms with Crippen LogP contribution in [-0.4, -0.2) is 54.9 Å². The number of anilines is 2. The number of pyridine rings is 1. The lowest BCUT2D eigenvalue weighted by Crippen LogP contribution is -2.47. The second kappa shape index (κ2) is 14.5.